The number of benzene rings is 1. The Morgan fingerprint density at radius 1 is 1.11 bits per heavy atom. The van der Waals surface area contributed by atoms with Crippen LogP contribution in [0.1, 0.15) is 33.3 Å². The van der Waals surface area contributed by atoms with Crippen LogP contribution in [0.25, 0.3) is 0 Å². The highest BCUT2D eigenvalue weighted by Gasteiger charge is 2.65. The van der Waals surface area contributed by atoms with Gasteiger partial charge in [-0.2, -0.15) is 0 Å². The fraction of sp³-hybridized carbons (Fsp3) is 0.500. The molecule has 6 unspecified atom stereocenters. The van der Waals surface area contributed by atoms with Gasteiger partial charge in [-0.1, -0.05) is 50.8 Å². The fourth-order valence-electron chi connectivity index (χ4n) is 3.30. The van der Waals surface area contributed by atoms with E-state index in [2.05, 4.69) is 6.58 Å². The molecule has 4 rings (SSSR count). The van der Waals surface area contributed by atoms with Crippen molar-refractivity contribution in [1.82, 2.24) is 0 Å². The summed E-state index contributed by atoms with van der Waals surface area (Å²) < 4.78 is 28.3. The zero-order chi connectivity index (χ0) is 19.8. The fourth-order valence-corrected chi connectivity index (χ4v) is 3.30. The Bertz CT molecular complexity index is 731. The highest BCUT2D eigenvalue weighted by atomic mass is 16.9. The van der Waals surface area contributed by atoms with E-state index >= 15 is 0 Å². The minimum atomic E-state index is -1.14. The lowest BCUT2D eigenvalue weighted by Crippen LogP contribution is -2.37. The second-order valence-electron chi connectivity index (χ2n) is 6.49. The molecule has 3 fully saturated rings. The quantitative estimate of drug-likeness (QED) is 0.592. The zero-order valence-electron chi connectivity index (χ0n) is 15.8. The van der Waals surface area contributed by atoms with Gasteiger partial charge in [0.2, 0.25) is 6.10 Å². The minimum absolute atomic E-state index is 0.193. The lowest BCUT2D eigenvalue weighted by atomic mass is 10.1. The van der Waals surface area contributed by atoms with Gasteiger partial charge in [0, 0.05) is 11.1 Å². The normalized spacial score (nSPS) is 36.1. The van der Waals surface area contributed by atoms with Crippen molar-refractivity contribution < 1.29 is 33.3 Å². The van der Waals surface area contributed by atoms with E-state index in [4.69, 9.17) is 23.7 Å². The Kier molecular flexibility index (Phi) is 5.37. The van der Waals surface area contributed by atoms with Crippen molar-refractivity contribution in [3.8, 4) is 0 Å². The Hall–Kier alpha value is -2.22. The van der Waals surface area contributed by atoms with Gasteiger partial charge in [0.25, 0.3) is 0 Å². The van der Waals surface area contributed by atoms with Crippen LogP contribution in [-0.4, -0.2) is 42.6 Å². The Balaban J connectivity index is 0.00000102. The molecule has 3 aliphatic heterocycles. The molecule has 3 aliphatic rings. The molecule has 1 aromatic carbocycles. The largest absolute Gasteiger partial charge is 0.454 e. The monoisotopic (exact) mass is 376 g/mol. The number of hydrogen-bond donors (Lipinski definition) is 0. The topological polar surface area (TPSA) is 80.3 Å². The molecule has 1 aromatic rings. The van der Waals surface area contributed by atoms with E-state index in [1.165, 1.54) is 6.92 Å². The second kappa shape index (κ2) is 7.42. The number of esters is 2. The van der Waals surface area contributed by atoms with Gasteiger partial charge in [-0.15, -0.1) is 0 Å². The Labute approximate surface area is 158 Å². The smallest absolute Gasteiger partial charge is 0.350 e. The molecule has 0 saturated carbocycles. The number of carbonyl (C=O) groups is 2. The van der Waals surface area contributed by atoms with E-state index in [9.17, 15) is 9.59 Å². The predicted octanol–water partition coefficient (Wildman–Crippen LogP) is 2.44. The van der Waals surface area contributed by atoms with Gasteiger partial charge in [0.1, 0.15) is 6.10 Å². The van der Waals surface area contributed by atoms with Crippen molar-refractivity contribution in [2.75, 3.05) is 0 Å². The lowest BCUT2D eigenvalue weighted by Gasteiger charge is -2.26. The number of carbonyl (C=O) groups excluding carboxylic acids is 2. The van der Waals surface area contributed by atoms with Crippen molar-refractivity contribution in [2.45, 2.75) is 64.2 Å². The van der Waals surface area contributed by atoms with E-state index in [0.29, 0.717) is 0 Å². The molecule has 0 spiro atoms. The third kappa shape index (κ3) is 3.38. The first-order valence-electron chi connectivity index (χ1n) is 9.03. The molecule has 7 heteroatoms. The van der Waals surface area contributed by atoms with E-state index in [1.807, 2.05) is 44.2 Å². The number of hydrogen-bond acceptors (Lipinski definition) is 7. The van der Waals surface area contributed by atoms with Gasteiger partial charge in [0.05, 0.1) is 0 Å². The van der Waals surface area contributed by atoms with Gasteiger partial charge in [-0.25, -0.2) is 9.59 Å². The van der Waals surface area contributed by atoms with Gasteiger partial charge in [0.15, 0.2) is 24.3 Å². The Morgan fingerprint density at radius 2 is 1.78 bits per heavy atom. The average Bonchev–Trinajstić information content (AvgIpc) is 3.26. The van der Waals surface area contributed by atoms with Crippen molar-refractivity contribution in [1.29, 1.82) is 0 Å². The van der Waals surface area contributed by atoms with Crippen LogP contribution < -0.4 is 0 Å². The van der Waals surface area contributed by atoms with Crippen LogP contribution in [-0.2, 0) is 39.1 Å². The van der Waals surface area contributed by atoms with Crippen LogP contribution in [0.5, 0.6) is 0 Å². The standard InChI is InChI=1S/C18H18O7.C2H6/c1-9(2)15(19)22-13-11-12(21-16(13)20)14-17(23-11)25-18(3,24-14)10-7-5-4-6-8-10;1-2/h4-8,11-14,17H,1H2,2-3H3;1-2H3. The molecule has 3 saturated heterocycles. The summed E-state index contributed by atoms with van der Waals surface area (Å²) in [7, 11) is 0. The molecule has 0 bridgehead atoms. The highest BCUT2D eigenvalue weighted by Crippen LogP contribution is 2.46. The SMILES string of the molecule is C=C(C)C(=O)OC1C(=O)OC2C3OC(C)(c4ccccc4)OC3OC12.CC. The third-order valence-corrected chi connectivity index (χ3v) is 4.57. The van der Waals surface area contributed by atoms with Crippen LogP contribution in [0.15, 0.2) is 42.5 Å². The van der Waals surface area contributed by atoms with E-state index in [1.54, 1.807) is 6.92 Å². The maximum atomic E-state index is 12.1. The number of fused-ring (bicyclic) bond motifs is 3. The molecule has 6 atom stereocenters. The summed E-state index contributed by atoms with van der Waals surface area (Å²) in [6.45, 7) is 10.8. The summed E-state index contributed by atoms with van der Waals surface area (Å²) in [4.78, 5) is 23.8. The molecule has 0 amide bonds. The van der Waals surface area contributed by atoms with Gasteiger partial charge < -0.3 is 23.7 Å². The second-order valence-corrected chi connectivity index (χ2v) is 6.49. The van der Waals surface area contributed by atoms with E-state index < -0.39 is 48.4 Å². The van der Waals surface area contributed by atoms with Crippen molar-refractivity contribution >= 4 is 11.9 Å². The zero-order valence-corrected chi connectivity index (χ0v) is 15.8. The summed E-state index contributed by atoms with van der Waals surface area (Å²) in [5.41, 5.74) is 1.03. The summed E-state index contributed by atoms with van der Waals surface area (Å²) in [5, 5.41) is 0. The van der Waals surface area contributed by atoms with Gasteiger partial charge in [-0.3, -0.25) is 0 Å². The molecule has 7 nitrogen and oxygen atoms in total. The first-order valence-corrected chi connectivity index (χ1v) is 9.03. The van der Waals surface area contributed by atoms with E-state index in [-0.39, 0.29) is 5.57 Å². The summed E-state index contributed by atoms with van der Waals surface area (Å²) in [6.07, 6.45) is -3.89. The molecular formula is C20H24O7. The van der Waals surface area contributed by atoms with Crippen molar-refractivity contribution in [3.05, 3.63) is 48.0 Å². The first-order chi connectivity index (χ1) is 12.9. The van der Waals surface area contributed by atoms with Crippen LogP contribution in [0.3, 0.4) is 0 Å². The maximum Gasteiger partial charge on any atom is 0.350 e. The third-order valence-electron chi connectivity index (χ3n) is 4.57. The van der Waals surface area contributed by atoms with Crippen LogP contribution in [0.2, 0.25) is 0 Å². The van der Waals surface area contributed by atoms with Crippen LogP contribution in [0, 0.1) is 0 Å². The summed E-state index contributed by atoms with van der Waals surface area (Å²) in [5.74, 6) is -2.32. The molecular weight excluding hydrogens is 352 g/mol. The van der Waals surface area contributed by atoms with Crippen molar-refractivity contribution in [3.63, 3.8) is 0 Å². The van der Waals surface area contributed by atoms with Crippen molar-refractivity contribution in [2.24, 2.45) is 0 Å². The van der Waals surface area contributed by atoms with Gasteiger partial charge in [-0.05, 0) is 13.8 Å². The van der Waals surface area contributed by atoms with Crippen LogP contribution in [0.4, 0.5) is 0 Å². The van der Waals surface area contributed by atoms with Gasteiger partial charge >= 0.3 is 11.9 Å². The molecule has 3 heterocycles. The Morgan fingerprint density at radius 3 is 2.41 bits per heavy atom. The summed E-state index contributed by atoms with van der Waals surface area (Å²) >= 11 is 0. The molecule has 27 heavy (non-hydrogen) atoms. The molecule has 0 radical (unpaired) electrons. The number of ether oxygens (including phenoxy) is 5. The predicted molar refractivity (Wildman–Crippen MR) is 94.3 cm³/mol. The summed E-state index contributed by atoms with van der Waals surface area (Å²) in [6, 6.07) is 9.43. The minimum Gasteiger partial charge on any atom is -0.454 e. The highest BCUT2D eigenvalue weighted by molar-refractivity contribution is 5.90. The molecule has 146 valence electrons. The van der Waals surface area contributed by atoms with E-state index in [0.717, 1.165) is 5.56 Å². The maximum absolute atomic E-state index is 12.1. The lowest BCUT2D eigenvalue weighted by molar-refractivity contribution is -0.232. The molecule has 0 aromatic heterocycles. The average molecular weight is 376 g/mol. The number of rotatable bonds is 3. The first kappa shape index (κ1) is 19.5. The molecule has 0 aliphatic carbocycles. The molecule has 0 N–H and O–H groups in total. The van der Waals surface area contributed by atoms with Crippen LogP contribution >= 0.6 is 0 Å².